The van der Waals surface area contributed by atoms with Gasteiger partial charge in [-0.15, -0.1) is 0 Å². The molecule has 5 nitrogen and oxygen atoms in total. The summed E-state index contributed by atoms with van der Waals surface area (Å²) >= 11 is 3.43. The van der Waals surface area contributed by atoms with Crippen LogP contribution in [0.1, 0.15) is 24.7 Å². The Labute approximate surface area is 132 Å². The first kappa shape index (κ1) is 15.6. The Bertz CT molecular complexity index is 640. The van der Waals surface area contributed by atoms with Crippen LogP contribution in [-0.2, 0) is 4.79 Å². The van der Waals surface area contributed by atoms with Crippen LogP contribution in [0.4, 0.5) is 11.5 Å². The van der Waals surface area contributed by atoms with Crippen LogP contribution in [0.2, 0.25) is 0 Å². The van der Waals surface area contributed by atoms with E-state index in [2.05, 4.69) is 31.7 Å². The number of rotatable bonds is 5. The van der Waals surface area contributed by atoms with Crippen molar-refractivity contribution in [3.63, 3.8) is 0 Å². The maximum absolute atomic E-state index is 12.3. The summed E-state index contributed by atoms with van der Waals surface area (Å²) in [4.78, 5) is 12.3. The second-order valence-corrected chi connectivity index (χ2v) is 5.79. The molecule has 0 aliphatic heterocycles. The smallest absolute Gasteiger partial charge is 0.248 e. The number of anilines is 2. The molecule has 0 saturated heterocycles. The Hall–Kier alpha value is -1.82. The van der Waals surface area contributed by atoms with Crippen LogP contribution in [0.3, 0.4) is 0 Å². The second-order valence-electron chi connectivity index (χ2n) is 4.88. The van der Waals surface area contributed by atoms with Crippen LogP contribution in [0, 0.1) is 13.8 Å². The quantitative estimate of drug-likeness (QED) is 0.857. The van der Waals surface area contributed by atoms with Crippen molar-refractivity contribution in [3.05, 3.63) is 40.1 Å². The van der Waals surface area contributed by atoms with Gasteiger partial charge in [-0.2, -0.15) is 0 Å². The van der Waals surface area contributed by atoms with Gasteiger partial charge < -0.3 is 15.2 Å². The molecule has 0 saturated carbocycles. The Kier molecular flexibility index (Phi) is 5.01. The highest BCUT2D eigenvalue weighted by atomic mass is 79.9. The molecule has 6 heteroatoms. The highest BCUT2D eigenvalue weighted by Crippen LogP contribution is 2.21. The SMILES string of the molecule is CC[C@@H](Nc1ccc(Br)cc1C)C(=O)Nc1cc(C)on1. The van der Waals surface area contributed by atoms with E-state index in [0.29, 0.717) is 18.0 Å². The van der Waals surface area contributed by atoms with Gasteiger partial charge in [0.15, 0.2) is 5.82 Å². The topological polar surface area (TPSA) is 67.2 Å². The fraction of sp³-hybridized carbons (Fsp3) is 0.333. The van der Waals surface area contributed by atoms with Crippen molar-refractivity contribution in [3.8, 4) is 0 Å². The lowest BCUT2D eigenvalue weighted by Crippen LogP contribution is -2.34. The first-order chi connectivity index (χ1) is 9.99. The van der Waals surface area contributed by atoms with Crippen molar-refractivity contribution in [1.82, 2.24) is 5.16 Å². The molecule has 0 fully saturated rings. The van der Waals surface area contributed by atoms with E-state index in [0.717, 1.165) is 15.7 Å². The average Bonchev–Trinajstić information content (AvgIpc) is 2.83. The lowest BCUT2D eigenvalue weighted by atomic mass is 10.1. The summed E-state index contributed by atoms with van der Waals surface area (Å²) in [6.45, 7) is 5.74. The molecule has 1 atom stereocenters. The van der Waals surface area contributed by atoms with Crippen LogP contribution < -0.4 is 10.6 Å². The van der Waals surface area contributed by atoms with Gasteiger partial charge in [0.1, 0.15) is 11.8 Å². The van der Waals surface area contributed by atoms with Crippen molar-refractivity contribution in [2.75, 3.05) is 10.6 Å². The second kappa shape index (κ2) is 6.76. The zero-order chi connectivity index (χ0) is 15.4. The molecule has 1 aromatic heterocycles. The predicted molar refractivity (Wildman–Crippen MR) is 86.5 cm³/mol. The minimum atomic E-state index is -0.332. The Morgan fingerprint density at radius 2 is 2.14 bits per heavy atom. The Morgan fingerprint density at radius 3 is 2.71 bits per heavy atom. The van der Waals surface area contributed by atoms with Gasteiger partial charge in [0, 0.05) is 16.2 Å². The van der Waals surface area contributed by atoms with E-state index < -0.39 is 0 Å². The first-order valence-electron chi connectivity index (χ1n) is 6.76. The third-order valence-electron chi connectivity index (χ3n) is 3.12. The molecule has 2 N–H and O–H groups in total. The van der Waals surface area contributed by atoms with Gasteiger partial charge in [0.05, 0.1) is 0 Å². The number of carbonyl (C=O) groups excluding carboxylic acids is 1. The molecule has 0 spiro atoms. The van der Waals surface area contributed by atoms with Crippen LogP contribution in [0.15, 0.2) is 33.3 Å². The van der Waals surface area contributed by atoms with Crippen LogP contribution in [0.5, 0.6) is 0 Å². The summed E-state index contributed by atoms with van der Waals surface area (Å²) in [6.07, 6.45) is 0.665. The molecule has 1 aromatic carbocycles. The average molecular weight is 352 g/mol. The van der Waals surface area contributed by atoms with Gasteiger partial charge in [0.25, 0.3) is 0 Å². The molecule has 0 unspecified atom stereocenters. The van der Waals surface area contributed by atoms with Crippen LogP contribution in [0.25, 0.3) is 0 Å². The standard InChI is InChI=1S/C15H18BrN3O2/c1-4-12(15(20)18-14-8-10(3)21-19-14)17-13-6-5-11(16)7-9(13)2/h5-8,12,17H,4H2,1-3H3,(H,18,19,20)/t12-/m1/s1. The largest absolute Gasteiger partial charge is 0.373 e. The third-order valence-corrected chi connectivity index (χ3v) is 3.62. The molecule has 2 aromatic rings. The molecule has 0 bridgehead atoms. The van der Waals surface area contributed by atoms with E-state index in [1.54, 1.807) is 13.0 Å². The number of hydrogen-bond acceptors (Lipinski definition) is 4. The summed E-state index contributed by atoms with van der Waals surface area (Å²) in [5, 5.41) is 9.78. The van der Waals surface area contributed by atoms with Crippen molar-refractivity contribution < 1.29 is 9.32 Å². The summed E-state index contributed by atoms with van der Waals surface area (Å²) in [5.41, 5.74) is 2.02. The minimum Gasteiger partial charge on any atom is -0.373 e. The first-order valence-corrected chi connectivity index (χ1v) is 7.55. The third kappa shape index (κ3) is 4.07. The molecule has 0 radical (unpaired) electrons. The fourth-order valence-electron chi connectivity index (χ4n) is 1.97. The van der Waals surface area contributed by atoms with Gasteiger partial charge in [0.2, 0.25) is 5.91 Å². The van der Waals surface area contributed by atoms with Crippen LogP contribution >= 0.6 is 15.9 Å². The number of nitrogens with zero attached hydrogens (tertiary/aromatic N) is 1. The lowest BCUT2D eigenvalue weighted by molar-refractivity contribution is -0.117. The number of carbonyl (C=O) groups is 1. The van der Waals surface area contributed by atoms with E-state index in [1.807, 2.05) is 32.0 Å². The molecular formula is C15H18BrN3O2. The van der Waals surface area contributed by atoms with Gasteiger partial charge in [-0.3, -0.25) is 4.79 Å². The summed E-state index contributed by atoms with van der Waals surface area (Å²) in [7, 11) is 0. The summed E-state index contributed by atoms with van der Waals surface area (Å²) < 4.78 is 5.95. The van der Waals surface area contributed by atoms with E-state index in [4.69, 9.17) is 4.52 Å². The molecular weight excluding hydrogens is 334 g/mol. The lowest BCUT2D eigenvalue weighted by Gasteiger charge is -2.18. The number of aryl methyl sites for hydroxylation is 2. The molecule has 21 heavy (non-hydrogen) atoms. The highest BCUT2D eigenvalue weighted by molar-refractivity contribution is 9.10. The number of nitrogens with one attached hydrogen (secondary N) is 2. The number of hydrogen-bond donors (Lipinski definition) is 2. The van der Waals surface area contributed by atoms with Crippen molar-refractivity contribution >= 4 is 33.3 Å². The number of benzene rings is 1. The monoisotopic (exact) mass is 351 g/mol. The number of aromatic nitrogens is 1. The molecule has 1 amide bonds. The van der Waals surface area contributed by atoms with Gasteiger partial charge >= 0.3 is 0 Å². The zero-order valence-electron chi connectivity index (χ0n) is 12.2. The minimum absolute atomic E-state index is 0.131. The van der Waals surface area contributed by atoms with Gasteiger partial charge in [-0.25, -0.2) is 0 Å². The van der Waals surface area contributed by atoms with Crippen molar-refractivity contribution in [2.24, 2.45) is 0 Å². The number of amides is 1. The van der Waals surface area contributed by atoms with Crippen LogP contribution in [-0.4, -0.2) is 17.1 Å². The highest BCUT2D eigenvalue weighted by Gasteiger charge is 2.18. The molecule has 2 rings (SSSR count). The van der Waals surface area contributed by atoms with E-state index in [-0.39, 0.29) is 11.9 Å². The van der Waals surface area contributed by atoms with Gasteiger partial charge in [-0.1, -0.05) is 28.0 Å². The fourth-order valence-corrected chi connectivity index (χ4v) is 2.44. The molecule has 0 aliphatic carbocycles. The zero-order valence-corrected chi connectivity index (χ0v) is 13.8. The number of halogens is 1. The maximum atomic E-state index is 12.3. The van der Waals surface area contributed by atoms with E-state index in [1.165, 1.54) is 0 Å². The Morgan fingerprint density at radius 1 is 1.38 bits per heavy atom. The van der Waals surface area contributed by atoms with E-state index >= 15 is 0 Å². The Balaban J connectivity index is 2.06. The van der Waals surface area contributed by atoms with Gasteiger partial charge in [-0.05, 0) is 44.0 Å². The molecule has 1 heterocycles. The van der Waals surface area contributed by atoms with Crippen molar-refractivity contribution in [2.45, 2.75) is 33.2 Å². The molecule has 0 aliphatic rings. The van der Waals surface area contributed by atoms with Crippen molar-refractivity contribution in [1.29, 1.82) is 0 Å². The van der Waals surface area contributed by atoms with E-state index in [9.17, 15) is 4.79 Å². The predicted octanol–water partition coefficient (Wildman–Crippen LogP) is 3.88. The summed E-state index contributed by atoms with van der Waals surface area (Å²) in [6, 6.07) is 7.27. The normalized spacial score (nSPS) is 12.0. The molecule has 112 valence electrons. The summed E-state index contributed by atoms with van der Waals surface area (Å²) in [5.74, 6) is 0.966. The maximum Gasteiger partial charge on any atom is 0.248 e.